The largest absolute Gasteiger partial charge is 0.398 e. The number of halogens is 1. The Labute approximate surface area is 110 Å². The van der Waals surface area contributed by atoms with Gasteiger partial charge < -0.3 is 11.1 Å². The molecule has 0 fully saturated rings. The van der Waals surface area contributed by atoms with Crippen molar-refractivity contribution in [3.8, 4) is 0 Å². The smallest absolute Gasteiger partial charge is 0.260 e. The molecule has 2 aromatic rings. The number of rotatable bonds is 2. The first kappa shape index (κ1) is 12.4. The topological polar surface area (TPSA) is 72.9 Å². The van der Waals surface area contributed by atoms with Gasteiger partial charge in [0.15, 0.2) is 0 Å². The predicted octanol–water partition coefficient (Wildman–Crippen LogP) is 2.22. The molecule has 0 saturated carbocycles. The maximum Gasteiger partial charge on any atom is 0.260 e. The Morgan fingerprint density at radius 3 is 2.78 bits per heavy atom. The van der Waals surface area contributed by atoms with Crippen molar-refractivity contribution in [3.63, 3.8) is 0 Å². The molecule has 0 radical (unpaired) electrons. The number of carbonyl (C=O) groups excluding carboxylic acids is 1. The zero-order chi connectivity index (χ0) is 13.3. The Morgan fingerprint density at radius 1 is 1.50 bits per heavy atom. The van der Waals surface area contributed by atoms with Crippen LogP contribution in [0.1, 0.15) is 16.1 Å². The van der Waals surface area contributed by atoms with Gasteiger partial charge in [-0.1, -0.05) is 17.7 Å². The van der Waals surface area contributed by atoms with Crippen LogP contribution in [0.15, 0.2) is 24.3 Å². The first-order valence-corrected chi connectivity index (χ1v) is 5.73. The fraction of sp³-hybridized carbons (Fsp3) is 0.167. The van der Waals surface area contributed by atoms with Gasteiger partial charge >= 0.3 is 0 Å². The quantitative estimate of drug-likeness (QED) is 0.817. The van der Waals surface area contributed by atoms with Crippen molar-refractivity contribution < 1.29 is 4.79 Å². The van der Waals surface area contributed by atoms with Gasteiger partial charge in [-0.15, -0.1) is 0 Å². The monoisotopic (exact) mass is 264 g/mol. The van der Waals surface area contributed by atoms with Gasteiger partial charge in [0.05, 0.1) is 16.3 Å². The molecule has 3 N–H and O–H groups in total. The van der Waals surface area contributed by atoms with Crippen LogP contribution < -0.4 is 11.1 Å². The van der Waals surface area contributed by atoms with Gasteiger partial charge in [0, 0.05) is 18.8 Å². The van der Waals surface area contributed by atoms with Crippen LogP contribution in [0.3, 0.4) is 0 Å². The minimum Gasteiger partial charge on any atom is -0.398 e. The van der Waals surface area contributed by atoms with Crippen molar-refractivity contribution in [2.24, 2.45) is 7.05 Å². The summed E-state index contributed by atoms with van der Waals surface area (Å²) in [4.78, 5) is 12.1. The molecule has 2 rings (SSSR count). The van der Waals surface area contributed by atoms with E-state index in [9.17, 15) is 4.79 Å². The SMILES string of the molecule is Cc1cc(NC(=O)c2c(N)cccc2Cl)n(C)n1. The van der Waals surface area contributed by atoms with E-state index in [0.717, 1.165) is 5.69 Å². The highest BCUT2D eigenvalue weighted by Gasteiger charge is 2.15. The molecule has 6 heteroatoms. The van der Waals surface area contributed by atoms with Crippen LogP contribution in [-0.2, 0) is 7.05 Å². The Bertz CT molecular complexity index is 586. The maximum absolute atomic E-state index is 12.1. The molecule has 1 amide bonds. The van der Waals surface area contributed by atoms with E-state index < -0.39 is 0 Å². The third kappa shape index (κ3) is 2.31. The number of aromatic nitrogens is 2. The summed E-state index contributed by atoms with van der Waals surface area (Å²) >= 11 is 5.97. The van der Waals surface area contributed by atoms with Crippen molar-refractivity contribution in [1.29, 1.82) is 0 Å². The summed E-state index contributed by atoms with van der Waals surface area (Å²) in [6.07, 6.45) is 0. The van der Waals surface area contributed by atoms with Gasteiger partial charge in [-0.2, -0.15) is 5.10 Å². The van der Waals surface area contributed by atoms with Crippen LogP contribution in [0.5, 0.6) is 0 Å². The highest BCUT2D eigenvalue weighted by molar-refractivity contribution is 6.35. The molecule has 94 valence electrons. The molecule has 0 aliphatic carbocycles. The van der Waals surface area contributed by atoms with E-state index in [-0.39, 0.29) is 11.5 Å². The molecule has 0 saturated heterocycles. The summed E-state index contributed by atoms with van der Waals surface area (Å²) in [5.41, 5.74) is 7.19. The fourth-order valence-electron chi connectivity index (χ4n) is 1.69. The number of nitrogen functional groups attached to an aromatic ring is 1. The lowest BCUT2D eigenvalue weighted by Crippen LogP contribution is -2.16. The number of nitrogens with one attached hydrogen (secondary N) is 1. The minimum absolute atomic E-state index is 0.276. The molecule has 1 aromatic carbocycles. The lowest BCUT2D eigenvalue weighted by Gasteiger charge is -2.08. The van der Waals surface area contributed by atoms with Crippen molar-refractivity contribution in [2.75, 3.05) is 11.1 Å². The van der Waals surface area contributed by atoms with Crippen molar-refractivity contribution in [3.05, 3.63) is 40.5 Å². The Hall–Kier alpha value is -2.01. The third-order valence-electron chi connectivity index (χ3n) is 2.52. The first-order chi connectivity index (χ1) is 8.49. The molecule has 0 aliphatic rings. The number of hydrogen-bond acceptors (Lipinski definition) is 3. The van der Waals surface area contributed by atoms with Crippen LogP contribution in [-0.4, -0.2) is 15.7 Å². The van der Waals surface area contributed by atoms with E-state index in [4.69, 9.17) is 17.3 Å². The highest BCUT2D eigenvalue weighted by atomic mass is 35.5. The van der Waals surface area contributed by atoms with E-state index in [2.05, 4.69) is 10.4 Å². The Morgan fingerprint density at radius 2 is 2.22 bits per heavy atom. The van der Waals surface area contributed by atoms with E-state index in [1.807, 2.05) is 6.92 Å². The number of aryl methyl sites for hydroxylation is 2. The Kier molecular flexibility index (Phi) is 3.25. The van der Waals surface area contributed by atoms with Crippen LogP contribution in [0.4, 0.5) is 11.5 Å². The van der Waals surface area contributed by atoms with Gasteiger partial charge in [-0.3, -0.25) is 9.48 Å². The molecule has 0 atom stereocenters. The van der Waals surface area contributed by atoms with Crippen molar-refractivity contribution >= 4 is 29.0 Å². The van der Waals surface area contributed by atoms with E-state index >= 15 is 0 Å². The molecular formula is C12H13ClN4O. The zero-order valence-corrected chi connectivity index (χ0v) is 10.8. The lowest BCUT2D eigenvalue weighted by atomic mass is 10.1. The molecule has 1 heterocycles. The lowest BCUT2D eigenvalue weighted by molar-refractivity contribution is 0.102. The number of amides is 1. The number of hydrogen-bond donors (Lipinski definition) is 2. The molecule has 18 heavy (non-hydrogen) atoms. The van der Waals surface area contributed by atoms with Gasteiger partial charge in [0.25, 0.3) is 5.91 Å². The normalized spacial score (nSPS) is 10.4. The molecule has 1 aromatic heterocycles. The Balaban J connectivity index is 2.30. The summed E-state index contributed by atoms with van der Waals surface area (Å²) in [5.74, 6) is 0.248. The molecule has 5 nitrogen and oxygen atoms in total. The van der Waals surface area contributed by atoms with Crippen LogP contribution in [0.25, 0.3) is 0 Å². The number of carbonyl (C=O) groups is 1. The van der Waals surface area contributed by atoms with Gasteiger partial charge in [0.1, 0.15) is 5.82 Å². The molecule has 0 aliphatic heterocycles. The van der Waals surface area contributed by atoms with Crippen molar-refractivity contribution in [1.82, 2.24) is 9.78 Å². The standard InChI is InChI=1S/C12H13ClN4O/c1-7-6-10(17(2)16-7)15-12(18)11-8(13)4-3-5-9(11)14/h3-6H,14H2,1-2H3,(H,15,18). The molecular weight excluding hydrogens is 252 g/mol. The molecule has 0 bridgehead atoms. The van der Waals surface area contributed by atoms with E-state index in [1.54, 1.807) is 36.0 Å². The van der Waals surface area contributed by atoms with Crippen LogP contribution in [0, 0.1) is 6.92 Å². The van der Waals surface area contributed by atoms with Gasteiger partial charge in [-0.25, -0.2) is 0 Å². The van der Waals surface area contributed by atoms with E-state index in [0.29, 0.717) is 16.5 Å². The summed E-state index contributed by atoms with van der Waals surface area (Å²) in [7, 11) is 1.75. The molecule has 0 spiro atoms. The summed E-state index contributed by atoms with van der Waals surface area (Å²) in [5, 5.41) is 7.19. The number of nitrogens with two attached hydrogens (primary N) is 1. The van der Waals surface area contributed by atoms with Gasteiger partial charge in [0.2, 0.25) is 0 Å². The average Bonchev–Trinajstić information content (AvgIpc) is 2.57. The molecule has 0 unspecified atom stereocenters. The predicted molar refractivity (Wildman–Crippen MR) is 71.8 cm³/mol. The second-order valence-electron chi connectivity index (χ2n) is 3.95. The van der Waals surface area contributed by atoms with E-state index in [1.165, 1.54) is 0 Å². The number of benzene rings is 1. The van der Waals surface area contributed by atoms with Crippen LogP contribution in [0.2, 0.25) is 5.02 Å². The summed E-state index contributed by atoms with van der Waals surface area (Å²) < 4.78 is 1.58. The summed E-state index contributed by atoms with van der Waals surface area (Å²) in [6, 6.07) is 6.73. The van der Waals surface area contributed by atoms with Crippen molar-refractivity contribution in [2.45, 2.75) is 6.92 Å². The number of nitrogens with zero attached hydrogens (tertiary/aromatic N) is 2. The fourth-order valence-corrected chi connectivity index (χ4v) is 1.95. The highest BCUT2D eigenvalue weighted by Crippen LogP contribution is 2.23. The van der Waals surface area contributed by atoms with Gasteiger partial charge in [-0.05, 0) is 19.1 Å². The first-order valence-electron chi connectivity index (χ1n) is 5.35. The second kappa shape index (κ2) is 4.70. The number of anilines is 2. The zero-order valence-electron chi connectivity index (χ0n) is 10.1. The minimum atomic E-state index is -0.346. The third-order valence-corrected chi connectivity index (χ3v) is 2.83. The second-order valence-corrected chi connectivity index (χ2v) is 4.36. The summed E-state index contributed by atoms with van der Waals surface area (Å²) in [6.45, 7) is 1.85. The maximum atomic E-state index is 12.1. The average molecular weight is 265 g/mol. The van der Waals surface area contributed by atoms with Crippen LogP contribution >= 0.6 is 11.6 Å².